The summed E-state index contributed by atoms with van der Waals surface area (Å²) in [5.74, 6) is -0.533. The molecule has 0 aliphatic heterocycles. The maximum atomic E-state index is 11.5. The monoisotopic (exact) mass is 363 g/mol. The van der Waals surface area contributed by atoms with Gasteiger partial charge in [0.05, 0.1) is 13.2 Å². The number of ether oxygens (including phenoxy) is 2. The van der Waals surface area contributed by atoms with E-state index in [1.54, 1.807) is 0 Å². The Kier molecular flexibility index (Phi) is 13.1. The van der Waals surface area contributed by atoms with Crippen molar-refractivity contribution >= 4 is 20.9 Å². The van der Waals surface area contributed by atoms with Crippen molar-refractivity contribution in [2.45, 2.75) is 33.2 Å². The minimum absolute atomic E-state index is 0.0645. The number of nitrogens with one attached hydrogen (secondary N) is 1. The van der Waals surface area contributed by atoms with Gasteiger partial charge in [0.25, 0.3) is 0 Å². The van der Waals surface area contributed by atoms with E-state index in [1.807, 2.05) is 20.8 Å². The van der Waals surface area contributed by atoms with Crippen LogP contribution in [0.3, 0.4) is 0 Å². The SMILES string of the molecule is C=CC(=O)OCCNC(=O)OCCC[Si](OCC)(OCC)OCC. The van der Waals surface area contributed by atoms with Crippen LogP contribution in [0.25, 0.3) is 0 Å². The average Bonchev–Trinajstić information content (AvgIpc) is 2.56. The number of carbonyl (C=O) groups excluding carboxylic acids is 2. The van der Waals surface area contributed by atoms with Crippen molar-refractivity contribution in [3.8, 4) is 0 Å². The Morgan fingerprint density at radius 2 is 1.58 bits per heavy atom. The number of carbonyl (C=O) groups is 2. The van der Waals surface area contributed by atoms with Crippen molar-refractivity contribution in [2.24, 2.45) is 0 Å². The van der Waals surface area contributed by atoms with Crippen LogP contribution < -0.4 is 5.32 Å². The first-order valence-electron chi connectivity index (χ1n) is 8.15. The van der Waals surface area contributed by atoms with Crippen LogP contribution >= 0.6 is 0 Å². The molecule has 0 aromatic rings. The molecule has 24 heavy (non-hydrogen) atoms. The average molecular weight is 363 g/mol. The topological polar surface area (TPSA) is 92.3 Å². The zero-order valence-corrected chi connectivity index (χ0v) is 15.8. The molecule has 0 radical (unpaired) electrons. The molecule has 0 saturated carbocycles. The van der Waals surface area contributed by atoms with Gasteiger partial charge in [-0.3, -0.25) is 0 Å². The Morgan fingerprint density at radius 1 is 1.00 bits per heavy atom. The first kappa shape index (κ1) is 22.6. The maximum Gasteiger partial charge on any atom is 0.501 e. The van der Waals surface area contributed by atoms with Gasteiger partial charge in [-0.05, 0) is 27.2 Å². The van der Waals surface area contributed by atoms with Gasteiger partial charge in [0.2, 0.25) is 0 Å². The first-order valence-corrected chi connectivity index (χ1v) is 10.1. The van der Waals surface area contributed by atoms with Gasteiger partial charge in [0, 0.05) is 31.9 Å². The Hall–Kier alpha value is -1.42. The molecule has 9 heteroatoms. The Bertz CT molecular complexity index is 362. The number of rotatable bonds is 14. The lowest BCUT2D eigenvalue weighted by Crippen LogP contribution is -2.46. The largest absolute Gasteiger partial charge is 0.501 e. The predicted molar refractivity (Wildman–Crippen MR) is 90.6 cm³/mol. The highest BCUT2D eigenvalue weighted by Crippen LogP contribution is 2.18. The smallest absolute Gasteiger partial charge is 0.461 e. The van der Waals surface area contributed by atoms with Gasteiger partial charge >= 0.3 is 20.9 Å². The highest BCUT2D eigenvalue weighted by atomic mass is 28.4. The predicted octanol–water partition coefficient (Wildman–Crippen LogP) is 1.88. The zero-order chi connectivity index (χ0) is 18.3. The van der Waals surface area contributed by atoms with Crippen LogP contribution in [0.4, 0.5) is 4.79 Å². The summed E-state index contributed by atoms with van der Waals surface area (Å²) in [7, 11) is -2.69. The highest BCUT2D eigenvalue weighted by molar-refractivity contribution is 6.60. The molecular formula is C15H29NO7Si. The van der Waals surface area contributed by atoms with E-state index < -0.39 is 20.9 Å². The van der Waals surface area contributed by atoms with E-state index in [2.05, 4.69) is 11.9 Å². The molecule has 0 heterocycles. The molecule has 0 unspecified atom stereocenters. The Morgan fingerprint density at radius 3 is 2.08 bits per heavy atom. The maximum absolute atomic E-state index is 11.5. The van der Waals surface area contributed by atoms with Crippen LogP contribution in [0, 0.1) is 0 Å². The van der Waals surface area contributed by atoms with Crippen molar-refractivity contribution in [1.82, 2.24) is 5.32 Å². The summed E-state index contributed by atoms with van der Waals surface area (Å²) < 4.78 is 26.9. The Labute approximate surface area is 144 Å². The molecule has 0 aromatic heterocycles. The van der Waals surface area contributed by atoms with Crippen molar-refractivity contribution < 1.29 is 32.3 Å². The van der Waals surface area contributed by atoms with Gasteiger partial charge in [-0.15, -0.1) is 0 Å². The van der Waals surface area contributed by atoms with E-state index in [0.29, 0.717) is 32.3 Å². The molecule has 0 atom stereocenters. The molecule has 0 aromatic carbocycles. The molecule has 0 saturated heterocycles. The van der Waals surface area contributed by atoms with Crippen LogP contribution in [-0.4, -0.2) is 60.4 Å². The molecular weight excluding hydrogens is 334 g/mol. The van der Waals surface area contributed by atoms with Gasteiger partial charge < -0.3 is 28.1 Å². The molecule has 0 aliphatic rings. The highest BCUT2D eigenvalue weighted by Gasteiger charge is 2.39. The van der Waals surface area contributed by atoms with Crippen molar-refractivity contribution in [3.05, 3.63) is 12.7 Å². The summed E-state index contributed by atoms with van der Waals surface area (Å²) in [4.78, 5) is 22.3. The Balaban J connectivity index is 3.99. The molecule has 0 bridgehead atoms. The van der Waals surface area contributed by atoms with Gasteiger partial charge in [0.1, 0.15) is 6.61 Å². The van der Waals surface area contributed by atoms with Crippen LogP contribution in [0.2, 0.25) is 6.04 Å². The van der Waals surface area contributed by atoms with E-state index in [4.69, 9.17) is 22.8 Å². The summed E-state index contributed by atoms with van der Waals surface area (Å²) >= 11 is 0. The number of amides is 1. The number of hydrogen-bond donors (Lipinski definition) is 1. The normalized spacial score (nSPS) is 11.0. The fourth-order valence-corrected chi connectivity index (χ4v) is 4.45. The number of hydrogen-bond acceptors (Lipinski definition) is 7. The van der Waals surface area contributed by atoms with E-state index >= 15 is 0 Å². The van der Waals surface area contributed by atoms with Crippen molar-refractivity contribution in [1.29, 1.82) is 0 Å². The zero-order valence-electron chi connectivity index (χ0n) is 14.8. The van der Waals surface area contributed by atoms with Crippen molar-refractivity contribution in [2.75, 3.05) is 39.6 Å². The van der Waals surface area contributed by atoms with Gasteiger partial charge in [0.15, 0.2) is 0 Å². The van der Waals surface area contributed by atoms with Crippen LogP contribution in [0.5, 0.6) is 0 Å². The van der Waals surface area contributed by atoms with E-state index in [9.17, 15) is 9.59 Å². The van der Waals surface area contributed by atoms with Crippen LogP contribution in [0.1, 0.15) is 27.2 Å². The van der Waals surface area contributed by atoms with E-state index in [-0.39, 0.29) is 19.8 Å². The first-order chi connectivity index (χ1) is 11.5. The third-order valence-electron chi connectivity index (χ3n) is 2.74. The van der Waals surface area contributed by atoms with Crippen molar-refractivity contribution in [3.63, 3.8) is 0 Å². The second kappa shape index (κ2) is 14.0. The second-order valence-corrected chi connectivity index (χ2v) is 7.25. The van der Waals surface area contributed by atoms with Crippen LogP contribution in [0.15, 0.2) is 12.7 Å². The number of esters is 1. The number of alkyl carbamates (subject to hydrolysis) is 1. The summed E-state index contributed by atoms with van der Waals surface area (Å²) in [6.07, 6.45) is 1.07. The minimum Gasteiger partial charge on any atom is -0.461 e. The molecule has 1 amide bonds. The molecule has 140 valence electrons. The van der Waals surface area contributed by atoms with E-state index in [1.165, 1.54) is 0 Å². The summed E-state index contributed by atoms with van der Waals surface area (Å²) in [6, 6.07) is 0.576. The fourth-order valence-electron chi connectivity index (χ4n) is 1.87. The lowest BCUT2D eigenvalue weighted by molar-refractivity contribution is -0.137. The minimum atomic E-state index is -2.69. The molecule has 8 nitrogen and oxygen atoms in total. The van der Waals surface area contributed by atoms with Gasteiger partial charge in [-0.25, -0.2) is 9.59 Å². The molecule has 0 aliphatic carbocycles. The standard InChI is InChI=1S/C15H29NO7Si/c1-5-14(17)19-12-10-16-15(18)20-11-9-13-24(21-6-2,22-7-3)23-8-4/h5H,1,6-13H2,2-4H3,(H,16,18). The summed E-state index contributed by atoms with van der Waals surface area (Å²) in [5, 5.41) is 2.48. The van der Waals surface area contributed by atoms with Crippen LogP contribution in [-0.2, 0) is 27.5 Å². The quantitative estimate of drug-likeness (QED) is 0.218. The second-order valence-electron chi connectivity index (χ2n) is 4.52. The molecule has 0 spiro atoms. The van der Waals surface area contributed by atoms with Gasteiger partial charge in [-0.1, -0.05) is 6.58 Å². The van der Waals surface area contributed by atoms with Gasteiger partial charge in [-0.2, -0.15) is 0 Å². The third-order valence-corrected chi connectivity index (χ3v) is 5.89. The summed E-state index contributed by atoms with van der Waals surface area (Å²) in [5.41, 5.74) is 0. The lowest BCUT2D eigenvalue weighted by atomic mass is 10.5. The van der Waals surface area contributed by atoms with E-state index in [0.717, 1.165) is 6.08 Å². The summed E-state index contributed by atoms with van der Waals surface area (Å²) in [6.45, 7) is 10.9. The fraction of sp³-hybridized carbons (Fsp3) is 0.733. The molecule has 1 N–H and O–H groups in total. The molecule has 0 fully saturated rings. The lowest BCUT2D eigenvalue weighted by Gasteiger charge is -2.28. The third kappa shape index (κ3) is 10.4. The molecule has 0 rings (SSSR count).